The van der Waals surface area contributed by atoms with E-state index in [4.69, 9.17) is 14.2 Å². The number of hydrogen-bond acceptors (Lipinski definition) is 5. The second-order valence-corrected chi connectivity index (χ2v) is 3.28. The van der Waals surface area contributed by atoms with Crippen molar-refractivity contribution in [3.63, 3.8) is 0 Å². The van der Waals surface area contributed by atoms with Gasteiger partial charge in [-0.15, -0.1) is 0 Å². The van der Waals surface area contributed by atoms with Gasteiger partial charge in [-0.1, -0.05) is 0 Å². The first kappa shape index (κ1) is 11.3. The second-order valence-electron chi connectivity index (χ2n) is 3.28. The van der Waals surface area contributed by atoms with E-state index in [0.29, 0.717) is 29.4 Å². The molecular weight excluding hydrogens is 226 g/mol. The maximum atomic E-state index is 10.3. The molecule has 6 nitrogen and oxygen atoms in total. The Hall–Kier alpha value is -2.24. The fraction of sp³-hybridized carbons (Fsp3) is 0.273. The molecule has 90 valence electrons. The van der Waals surface area contributed by atoms with Crippen molar-refractivity contribution in [2.45, 2.75) is 6.92 Å². The van der Waals surface area contributed by atoms with Gasteiger partial charge in [-0.2, -0.15) is 0 Å². The molecule has 1 aromatic rings. The predicted molar refractivity (Wildman–Crippen MR) is 59.8 cm³/mol. The number of benzene rings is 1. The van der Waals surface area contributed by atoms with Crippen molar-refractivity contribution in [3.05, 3.63) is 34.0 Å². The second kappa shape index (κ2) is 4.73. The van der Waals surface area contributed by atoms with Crippen molar-refractivity contribution in [2.24, 2.45) is 0 Å². The van der Waals surface area contributed by atoms with Crippen molar-refractivity contribution in [1.82, 2.24) is 0 Å². The van der Waals surface area contributed by atoms with Gasteiger partial charge in [0.15, 0.2) is 11.5 Å². The zero-order valence-electron chi connectivity index (χ0n) is 9.21. The third-order valence-electron chi connectivity index (χ3n) is 2.18. The minimum Gasteiger partial charge on any atom is -0.493 e. The van der Waals surface area contributed by atoms with E-state index in [2.05, 4.69) is 0 Å². The molecule has 17 heavy (non-hydrogen) atoms. The molecule has 0 bridgehead atoms. The molecule has 1 aliphatic rings. The van der Waals surface area contributed by atoms with Gasteiger partial charge in [0.1, 0.15) is 5.75 Å². The topological polar surface area (TPSA) is 70.8 Å². The fourth-order valence-corrected chi connectivity index (χ4v) is 1.49. The Morgan fingerprint density at radius 3 is 2.82 bits per heavy atom. The van der Waals surface area contributed by atoms with Gasteiger partial charge in [0.05, 0.1) is 11.5 Å². The maximum absolute atomic E-state index is 10.3. The van der Waals surface area contributed by atoms with Gasteiger partial charge in [-0.25, -0.2) is 0 Å². The zero-order chi connectivity index (χ0) is 12.3. The van der Waals surface area contributed by atoms with Gasteiger partial charge in [-0.05, 0) is 13.0 Å². The Morgan fingerprint density at radius 1 is 1.47 bits per heavy atom. The van der Waals surface area contributed by atoms with Crippen LogP contribution in [0.1, 0.15) is 12.5 Å². The van der Waals surface area contributed by atoms with E-state index in [0.717, 1.165) is 6.20 Å². The van der Waals surface area contributed by atoms with Crippen LogP contribution in [-0.4, -0.2) is 18.3 Å². The van der Waals surface area contributed by atoms with Gasteiger partial charge in [-0.3, -0.25) is 10.1 Å². The average molecular weight is 237 g/mol. The summed E-state index contributed by atoms with van der Waals surface area (Å²) in [4.78, 5) is 9.77. The molecule has 0 aliphatic carbocycles. The van der Waals surface area contributed by atoms with Crippen LogP contribution >= 0.6 is 0 Å². The van der Waals surface area contributed by atoms with Crippen LogP contribution in [0.4, 0.5) is 0 Å². The zero-order valence-corrected chi connectivity index (χ0v) is 9.21. The van der Waals surface area contributed by atoms with E-state index in [-0.39, 0.29) is 6.79 Å². The molecule has 0 amide bonds. The Bertz CT molecular complexity index is 469. The third-order valence-corrected chi connectivity index (χ3v) is 2.18. The molecule has 6 heteroatoms. The number of rotatable bonds is 4. The number of fused-ring (bicyclic) bond motifs is 1. The summed E-state index contributed by atoms with van der Waals surface area (Å²) in [6, 6.07) is 3.33. The molecule has 0 aromatic heterocycles. The summed E-state index contributed by atoms with van der Waals surface area (Å²) in [6.45, 7) is 2.47. The molecule has 0 atom stereocenters. The van der Waals surface area contributed by atoms with Crippen molar-refractivity contribution < 1.29 is 19.1 Å². The van der Waals surface area contributed by atoms with Crippen molar-refractivity contribution in [1.29, 1.82) is 0 Å². The van der Waals surface area contributed by atoms with Crippen LogP contribution in [0, 0.1) is 10.1 Å². The maximum Gasteiger partial charge on any atom is 0.235 e. The van der Waals surface area contributed by atoms with Crippen molar-refractivity contribution in [3.8, 4) is 17.2 Å². The lowest BCUT2D eigenvalue weighted by atomic mass is 10.1. The summed E-state index contributed by atoms with van der Waals surface area (Å²) in [5.74, 6) is 1.69. The Kier molecular flexibility index (Phi) is 3.13. The van der Waals surface area contributed by atoms with E-state index in [1.165, 1.54) is 6.08 Å². The molecule has 1 heterocycles. The summed E-state index contributed by atoms with van der Waals surface area (Å²) in [5, 5.41) is 10.3. The molecule has 0 saturated heterocycles. The number of ether oxygens (including phenoxy) is 3. The minimum absolute atomic E-state index is 0.156. The highest BCUT2D eigenvalue weighted by atomic mass is 16.7. The van der Waals surface area contributed by atoms with E-state index < -0.39 is 4.92 Å². The molecule has 0 unspecified atom stereocenters. The Morgan fingerprint density at radius 2 is 2.18 bits per heavy atom. The first-order valence-corrected chi connectivity index (χ1v) is 5.09. The standard InChI is InChI=1S/C11H11NO5/c1-2-15-9-6-11-10(16-7-17-11)5-8(9)3-4-12(13)14/h3-6H,2,7H2,1H3/b4-3-. The van der Waals surface area contributed by atoms with Crippen molar-refractivity contribution >= 4 is 6.08 Å². The van der Waals surface area contributed by atoms with Crippen LogP contribution in [0.15, 0.2) is 18.3 Å². The molecule has 0 radical (unpaired) electrons. The first-order valence-electron chi connectivity index (χ1n) is 5.09. The number of hydrogen-bond donors (Lipinski definition) is 0. The lowest BCUT2D eigenvalue weighted by molar-refractivity contribution is -0.400. The van der Waals surface area contributed by atoms with Crippen LogP contribution < -0.4 is 14.2 Å². The third kappa shape index (κ3) is 2.47. The monoisotopic (exact) mass is 237 g/mol. The van der Waals surface area contributed by atoms with Gasteiger partial charge in [0, 0.05) is 17.7 Å². The summed E-state index contributed by atoms with van der Waals surface area (Å²) < 4.78 is 15.8. The van der Waals surface area contributed by atoms with Crippen LogP contribution in [0.5, 0.6) is 17.2 Å². The predicted octanol–water partition coefficient (Wildman–Crippen LogP) is 2.06. The van der Waals surface area contributed by atoms with Crippen molar-refractivity contribution in [2.75, 3.05) is 13.4 Å². The number of nitrogens with zero attached hydrogens (tertiary/aromatic N) is 1. The molecular formula is C11H11NO5. The smallest absolute Gasteiger partial charge is 0.235 e. The first-order chi connectivity index (χ1) is 8.20. The molecule has 1 aromatic carbocycles. The lowest BCUT2D eigenvalue weighted by Crippen LogP contribution is -1.94. The summed E-state index contributed by atoms with van der Waals surface area (Å²) >= 11 is 0. The SMILES string of the molecule is CCOc1cc2c(cc1/C=C\[N+](=O)[O-])OCO2. The van der Waals surface area contributed by atoms with E-state index in [1.807, 2.05) is 6.92 Å². The van der Waals surface area contributed by atoms with Gasteiger partial charge in [0.25, 0.3) is 0 Å². The molecule has 1 aliphatic heterocycles. The summed E-state index contributed by atoms with van der Waals surface area (Å²) in [5.41, 5.74) is 0.591. The van der Waals surface area contributed by atoms with Gasteiger partial charge in [0.2, 0.25) is 13.0 Å². The van der Waals surface area contributed by atoms with E-state index in [1.54, 1.807) is 12.1 Å². The Labute approximate surface area is 97.6 Å². The molecule has 0 fully saturated rings. The molecule has 0 N–H and O–H groups in total. The van der Waals surface area contributed by atoms with E-state index in [9.17, 15) is 10.1 Å². The highest BCUT2D eigenvalue weighted by Gasteiger charge is 2.17. The van der Waals surface area contributed by atoms with Gasteiger partial charge < -0.3 is 14.2 Å². The van der Waals surface area contributed by atoms with Crippen LogP contribution in [-0.2, 0) is 0 Å². The summed E-state index contributed by atoms with van der Waals surface area (Å²) in [6.07, 6.45) is 2.23. The minimum atomic E-state index is -0.527. The van der Waals surface area contributed by atoms with Crippen LogP contribution in [0.2, 0.25) is 0 Å². The molecule has 2 rings (SSSR count). The highest BCUT2D eigenvalue weighted by molar-refractivity contribution is 5.63. The molecule has 0 saturated carbocycles. The van der Waals surface area contributed by atoms with Crippen LogP contribution in [0.25, 0.3) is 6.08 Å². The summed E-state index contributed by atoms with van der Waals surface area (Å²) in [7, 11) is 0. The van der Waals surface area contributed by atoms with E-state index >= 15 is 0 Å². The number of nitro groups is 1. The fourth-order valence-electron chi connectivity index (χ4n) is 1.49. The average Bonchev–Trinajstić information content (AvgIpc) is 2.73. The Balaban J connectivity index is 2.37. The lowest BCUT2D eigenvalue weighted by Gasteiger charge is -2.07. The van der Waals surface area contributed by atoms with Crippen LogP contribution in [0.3, 0.4) is 0 Å². The highest BCUT2D eigenvalue weighted by Crippen LogP contribution is 2.38. The normalized spacial score (nSPS) is 13.0. The quantitative estimate of drug-likeness (QED) is 0.592. The van der Waals surface area contributed by atoms with Gasteiger partial charge >= 0.3 is 0 Å². The largest absolute Gasteiger partial charge is 0.493 e. The molecule has 0 spiro atoms.